The predicted molar refractivity (Wildman–Crippen MR) is 91.9 cm³/mol. The molecule has 0 spiro atoms. The summed E-state index contributed by atoms with van der Waals surface area (Å²) in [5, 5.41) is 3.49. The van der Waals surface area contributed by atoms with Crippen molar-refractivity contribution in [1.29, 1.82) is 0 Å². The largest absolute Gasteiger partial charge is 0.382 e. The van der Waals surface area contributed by atoms with Crippen LogP contribution >= 0.6 is 0 Å². The molecule has 126 valence electrons. The third kappa shape index (κ3) is 7.90. The van der Waals surface area contributed by atoms with Crippen molar-refractivity contribution >= 4 is 0 Å². The van der Waals surface area contributed by atoms with Crippen molar-refractivity contribution in [2.45, 2.75) is 45.3 Å². The highest BCUT2D eigenvalue weighted by atomic mass is 16.5. The number of nitrogens with two attached hydrogens (primary N) is 1. The molecule has 0 bridgehead atoms. The first kappa shape index (κ1) is 19.1. The van der Waals surface area contributed by atoms with Crippen molar-refractivity contribution in [3.63, 3.8) is 0 Å². The van der Waals surface area contributed by atoms with E-state index >= 15 is 0 Å². The Balaban J connectivity index is 2.28. The predicted octanol–water partition coefficient (Wildman–Crippen LogP) is 3.02. The zero-order valence-electron chi connectivity index (χ0n) is 14.1. The van der Waals surface area contributed by atoms with E-state index in [1.807, 2.05) is 6.92 Å². The topological polar surface area (TPSA) is 56.5 Å². The molecular weight excluding hydrogens is 276 g/mol. The molecule has 0 fully saturated rings. The van der Waals surface area contributed by atoms with Gasteiger partial charge in [0.1, 0.15) is 6.10 Å². The highest BCUT2D eigenvalue weighted by Gasteiger charge is 2.10. The molecule has 0 radical (unpaired) electrons. The van der Waals surface area contributed by atoms with Gasteiger partial charge in [-0.25, -0.2) is 0 Å². The summed E-state index contributed by atoms with van der Waals surface area (Å²) in [5.74, 6) is 0. The number of hydrogen-bond donors (Lipinski definition) is 2. The van der Waals surface area contributed by atoms with Crippen molar-refractivity contribution in [2.24, 2.45) is 5.73 Å². The van der Waals surface area contributed by atoms with Gasteiger partial charge in [-0.15, -0.1) is 0 Å². The fourth-order valence-corrected chi connectivity index (χ4v) is 2.42. The van der Waals surface area contributed by atoms with Crippen LogP contribution in [0.2, 0.25) is 0 Å². The zero-order chi connectivity index (χ0) is 16.0. The third-order valence-electron chi connectivity index (χ3n) is 3.67. The van der Waals surface area contributed by atoms with Gasteiger partial charge in [-0.2, -0.15) is 0 Å². The van der Waals surface area contributed by atoms with Gasteiger partial charge in [0.05, 0.1) is 6.61 Å². The molecule has 0 aromatic heterocycles. The molecule has 0 aliphatic heterocycles. The van der Waals surface area contributed by atoms with Crippen LogP contribution in [0, 0.1) is 0 Å². The average Bonchev–Trinajstić information content (AvgIpc) is 2.54. The summed E-state index contributed by atoms with van der Waals surface area (Å²) in [5.41, 5.74) is 7.96. The Morgan fingerprint density at radius 3 is 2.45 bits per heavy atom. The number of ether oxygens (including phenoxy) is 2. The maximum Gasteiger partial charge on any atom is 0.106 e. The molecule has 1 rings (SSSR count). The fraction of sp³-hybridized carbons (Fsp3) is 0.667. The lowest BCUT2D eigenvalue weighted by molar-refractivity contribution is 0.00279. The highest BCUT2D eigenvalue weighted by Crippen LogP contribution is 2.18. The van der Waals surface area contributed by atoms with E-state index in [1.54, 1.807) is 7.11 Å². The standard InChI is InChI=1S/C18H32N2O2/c1-3-22-18(15-21-2)17-10-8-16(9-11-17)14-20-13-7-5-4-6-12-19/h8-11,18,20H,3-7,12-15,19H2,1-2H3. The summed E-state index contributed by atoms with van der Waals surface area (Å²) in [6.45, 7) is 6.09. The molecule has 1 aromatic rings. The first-order valence-corrected chi connectivity index (χ1v) is 8.42. The second kappa shape index (κ2) is 12.6. The number of unbranched alkanes of at least 4 members (excludes halogenated alkanes) is 3. The van der Waals surface area contributed by atoms with E-state index in [9.17, 15) is 0 Å². The van der Waals surface area contributed by atoms with E-state index in [1.165, 1.54) is 30.4 Å². The molecule has 0 saturated carbocycles. The third-order valence-corrected chi connectivity index (χ3v) is 3.67. The Kier molecular flexibility index (Phi) is 10.9. The molecule has 0 heterocycles. The van der Waals surface area contributed by atoms with Gasteiger partial charge in [0.25, 0.3) is 0 Å². The van der Waals surface area contributed by atoms with Gasteiger partial charge >= 0.3 is 0 Å². The van der Waals surface area contributed by atoms with E-state index in [0.717, 1.165) is 26.1 Å². The molecule has 0 aliphatic rings. The summed E-state index contributed by atoms with van der Waals surface area (Å²) in [7, 11) is 1.71. The van der Waals surface area contributed by atoms with Crippen molar-refractivity contribution in [3.05, 3.63) is 35.4 Å². The highest BCUT2D eigenvalue weighted by molar-refractivity contribution is 5.24. The number of nitrogens with one attached hydrogen (secondary N) is 1. The zero-order valence-corrected chi connectivity index (χ0v) is 14.1. The summed E-state index contributed by atoms with van der Waals surface area (Å²) in [6.07, 6.45) is 4.89. The van der Waals surface area contributed by atoms with Gasteiger partial charge in [-0.1, -0.05) is 37.1 Å². The molecule has 4 nitrogen and oxygen atoms in total. The maximum absolute atomic E-state index is 5.70. The molecule has 22 heavy (non-hydrogen) atoms. The van der Waals surface area contributed by atoms with Gasteiger partial charge in [0.15, 0.2) is 0 Å². The minimum Gasteiger partial charge on any atom is -0.382 e. The Hall–Kier alpha value is -0.940. The Morgan fingerprint density at radius 2 is 1.82 bits per heavy atom. The molecule has 1 unspecified atom stereocenters. The lowest BCUT2D eigenvalue weighted by Gasteiger charge is -2.17. The first-order chi connectivity index (χ1) is 10.8. The fourth-order valence-electron chi connectivity index (χ4n) is 2.42. The minimum atomic E-state index is 0.0274. The Labute approximate surface area is 135 Å². The molecule has 0 saturated heterocycles. The van der Waals surface area contributed by atoms with Gasteiger partial charge in [-0.3, -0.25) is 0 Å². The van der Waals surface area contributed by atoms with Gasteiger partial charge in [0, 0.05) is 20.3 Å². The summed E-state index contributed by atoms with van der Waals surface area (Å²) < 4.78 is 10.9. The molecule has 1 aromatic carbocycles. The van der Waals surface area contributed by atoms with E-state index in [-0.39, 0.29) is 6.10 Å². The maximum atomic E-state index is 5.70. The van der Waals surface area contributed by atoms with Crippen molar-refractivity contribution in [1.82, 2.24) is 5.32 Å². The Morgan fingerprint density at radius 1 is 1.09 bits per heavy atom. The lowest BCUT2D eigenvalue weighted by atomic mass is 10.1. The summed E-state index contributed by atoms with van der Waals surface area (Å²) in [6, 6.07) is 8.60. The second-order valence-corrected chi connectivity index (χ2v) is 5.52. The Bertz CT molecular complexity index is 362. The van der Waals surface area contributed by atoms with Crippen LogP contribution in [0.25, 0.3) is 0 Å². The summed E-state index contributed by atoms with van der Waals surface area (Å²) >= 11 is 0. The molecule has 0 amide bonds. The lowest BCUT2D eigenvalue weighted by Crippen LogP contribution is -2.15. The van der Waals surface area contributed by atoms with Crippen LogP contribution in [0.3, 0.4) is 0 Å². The van der Waals surface area contributed by atoms with Crippen LogP contribution in [-0.4, -0.2) is 33.4 Å². The average molecular weight is 308 g/mol. The van der Waals surface area contributed by atoms with E-state index in [4.69, 9.17) is 15.2 Å². The van der Waals surface area contributed by atoms with Gasteiger partial charge in [-0.05, 0) is 44.0 Å². The first-order valence-electron chi connectivity index (χ1n) is 8.42. The number of benzene rings is 1. The number of hydrogen-bond acceptors (Lipinski definition) is 4. The van der Waals surface area contributed by atoms with Crippen LogP contribution in [0.4, 0.5) is 0 Å². The van der Waals surface area contributed by atoms with E-state index in [2.05, 4.69) is 29.6 Å². The van der Waals surface area contributed by atoms with Gasteiger partial charge < -0.3 is 20.5 Å². The van der Waals surface area contributed by atoms with E-state index < -0.39 is 0 Å². The number of rotatable bonds is 13. The number of methoxy groups -OCH3 is 1. The molecular formula is C18H32N2O2. The quantitative estimate of drug-likeness (QED) is 0.550. The summed E-state index contributed by atoms with van der Waals surface area (Å²) in [4.78, 5) is 0. The molecule has 0 aliphatic carbocycles. The van der Waals surface area contributed by atoms with Crippen molar-refractivity contribution in [3.8, 4) is 0 Å². The van der Waals surface area contributed by atoms with Crippen LogP contribution < -0.4 is 11.1 Å². The van der Waals surface area contributed by atoms with Crippen molar-refractivity contribution in [2.75, 3.05) is 33.4 Å². The monoisotopic (exact) mass is 308 g/mol. The molecule has 4 heteroatoms. The smallest absolute Gasteiger partial charge is 0.106 e. The van der Waals surface area contributed by atoms with Crippen LogP contribution in [0.15, 0.2) is 24.3 Å². The molecule has 1 atom stereocenters. The second-order valence-electron chi connectivity index (χ2n) is 5.52. The normalized spacial score (nSPS) is 12.5. The van der Waals surface area contributed by atoms with Gasteiger partial charge in [0.2, 0.25) is 0 Å². The molecule has 3 N–H and O–H groups in total. The van der Waals surface area contributed by atoms with Crippen molar-refractivity contribution < 1.29 is 9.47 Å². The minimum absolute atomic E-state index is 0.0274. The van der Waals surface area contributed by atoms with E-state index in [0.29, 0.717) is 13.2 Å². The SMILES string of the molecule is CCOC(COC)c1ccc(CNCCCCCCN)cc1. The van der Waals surface area contributed by atoms with Crippen LogP contribution in [-0.2, 0) is 16.0 Å². The van der Waals surface area contributed by atoms with Crippen LogP contribution in [0.5, 0.6) is 0 Å². The van der Waals surface area contributed by atoms with Crippen LogP contribution in [0.1, 0.15) is 49.8 Å².